The minimum absolute atomic E-state index is 0.0607. The van der Waals surface area contributed by atoms with E-state index in [1.807, 2.05) is 42.3 Å². The van der Waals surface area contributed by atoms with Crippen LogP contribution in [-0.2, 0) is 9.84 Å². The number of hydrogen-bond acceptors (Lipinski definition) is 5. The second kappa shape index (κ2) is 7.24. The summed E-state index contributed by atoms with van der Waals surface area (Å²) in [6.07, 6.45) is 1.04. The molecule has 2 atom stereocenters. The maximum absolute atomic E-state index is 11.5. The van der Waals surface area contributed by atoms with Crippen LogP contribution in [0.5, 0.6) is 5.75 Å². The van der Waals surface area contributed by atoms with Crippen LogP contribution in [0, 0.1) is 0 Å². The summed E-state index contributed by atoms with van der Waals surface area (Å²) in [7, 11) is -1.21. The number of hydrogen-bond donors (Lipinski definition) is 1. The van der Waals surface area contributed by atoms with E-state index in [1.54, 1.807) is 0 Å². The van der Waals surface area contributed by atoms with Crippen LogP contribution in [0.1, 0.15) is 12.8 Å². The summed E-state index contributed by atoms with van der Waals surface area (Å²) in [5.74, 6) is 0.813. The van der Waals surface area contributed by atoms with Gasteiger partial charge < -0.3 is 9.84 Å². The molecule has 5 nitrogen and oxygen atoms in total. The van der Waals surface area contributed by atoms with E-state index in [0.717, 1.165) is 25.1 Å². The zero-order valence-electron chi connectivity index (χ0n) is 12.3. The average Bonchev–Trinajstić information content (AvgIpc) is 2.72. The van der Waals surface area contributed by atoms with Crippen LogP contribution in [0.25, 0.3) is 0 Å². The van der Waals surface area contributed by atoms with Gasteiger partial charge in [-0.05, 0) is 38.6 Å². The Morgan fingerprint density at radius 1 is 1.24 bits per heavy atom. The van der Waals surface area contributed by atoms with E-state index in [2.05, 4.69) is 0 Å². The van der Waals surface area contributed by atoms with Crippen molar-refractivity contribution in [3.8, 4) is 5.75 Å². The molecule has 1 aliphatic heterocycles. The number of aliphatic hydroxyl groups is 1. The number of para-hydroxylation sites is 1. The second-order valence-electron chi connectivity index (χ2n) is 5.56. The van der Waals surface area contributed by atoms with E-state index in [4.69, 9.17) is 4.74 Å². The first-order chi connectivity index (χ1) is 9.98. The van der Waals surface area contributed by atoms with Crippen LogP contribution in [0.15, 0.2) is 30.3 Å². The zero-order chi connectivity index (χ0) is 15.3. The van der Waals surface area contributed by atoms with Crippen molar-refractivity contribution in [1.82, 2.24) is 4.90 Å². The van der Waals surface area contributed by atoms with Crippen LogP contribution in [0.4, 0.5) is 0 Å². The third-order valence-electron chi connectivity index (χ3n) is 3.78. The molecule has 118 valence electrons. The lowest BCUT2D eigenvalue weighted by Crippen LogP contribution is -2.41. The molecule has 1 fully saturated rings. The van der Waals surface area contributed by atoms with Crippen LogP contribution in [-0.4, -0.2) is 62.3 Å². The Kier molecular flexibility index (Phi) is 5.61. The van der Waals surface area contributed by atoms with Gasteiger partial charge in [0.15, 0.2) is 9.84 Å². The van der Waals surface area contributed by atoms with E-state index < -0.39 is 15.9 Å². The van der Waals surface area contributed by atoms with Crippen LogP contribution in [0.2, 0.25) is 0 Å². The molecule has 0 saturated carbocycles. The van der Waals surface area contributed by atoms with Crippen LogP contribution < -0.4 is 4.74 Å². The fraction of sp³-hybridized carbons (Fsp3) is 0.600. The number of nitrogens with zero attached hydrogens (tertiary/aromatic N) is 1. The minimum atomic E-state index is -3.08. The molecule has 0 amide bonds. The summed E-state index contributed by atoms with van der Waals surface area (Å²) in [6, 6.07) is 9.39. The van der Waals surface area contributed by atoms with E-state index in [0.29, 0.717) is 6.61 Å². The molecule has 6 heteroatoms. The molecule has 1 heterocycles. The van der Waals surface area contributed by atoms with Crippen LogP contribution in [0.3, 0.4) is 0 Å². The Morgan fingerprint density at radius 2 is 1.95 bits per heavy atom. The van der Waals surface area contributed by atoms with Crippen molar-refractivity contribution < 1.29 is 18.3 Å². The summed E-state index contributed by atoms with van der Waals surface area (Å²) in [5.41, 5.74) is 0. The number of unbranched alkanes of at least 4 members (excludes halogenated alkanes) is 1. The Labute approximate surface area is 126 Å². The maximum Gasteiger partial charge on any atom is 0.154 e. The molecule has 2 rings (SSSR count). The highest BCUT2D eigenvalue weighted by Gasteiger charge is 2.38. The van der Waals surface area contributed by atoms with Gasteiger partial charge in [-0.15, -0.1) is 0 Å². The SMILES string of the molecule is CN(CCCCOc1ccccc1)[C@@H]1CS(=O)(=O)C[C@H]1O. The van der Waals surface area contributed by atoms with Gasteiger partial charge >= 0.3 is 0 Å². The van der Waals surface area contributed by atoms with Crippen molar-refractivity contribution in [2.75, 3.05) is 31.7 Å². The van der Waals surface area contributed by atoms with Gasteiger partial charge in [-0.3, -0.25) is 4.90 Å². The van der Waals surface area contributed by atoms with E-state index in [1.165, 1.54) is 0 Å². The summed E-state index contributed by atoms with van der Waals surface area (Å²) in [6.45, 7) is 1.40. The van der Waals surface area contributed by atoms with Gasteiger partial charge in [0.2, 0.25) is 0 Å². The first-order valence-corrected chi connectivity index (χ1v) is 9.07. The van der Waals surface area contributed by atoms with E-state index in [9.17, 15) is 13.5 Å². The zero-order valence-corrected chi connectivity index (χ0v) is 13.1. The minimum Gasteiger partial charge on any atom is -0.494 e. The molecule has 1 N–H and O–H groups in total. The molecule has 1 aliphatic rings. The molecule has 0 aliphatic carbocycles. The highest BCUT2D eigenvalue weighted by molar-refractivity contribution is 7.91. The monoisotopic (exact) mass is 313 g/mol. The summed E-state index contributed by atoms with van der Waals surface area (Å²) < 4.78 is 28.6. The Morgan fingerprint density at radius 3 is 2.57 bits per heavy atom. The number of sulfone groups is 1. The normalized spacial score (nSPS) is 24.3. The first kappa shape index (κ1) is 16.3. The lowest BCUT2D eigenvalue weighted by molar-refractivity contribution is 0.0979. The summed E-state index contributed by atoms with van der Waals surface area (Å²) >= 11 is 0. The molecule has 1 aromatic rings. The molecule has 0 radical (unpaired) electrons. The van der Waals surface area contributed by atoms with Crippen molar-refractivity contribution in [3.63, 3.8) is 0 Å². The maximum atomic E-state index is 11.5. The number of aliphatic hydroxyl groups excluding tert-OH is 1. The largest absolute Gasteiger partial charge is 0.494 e. The lowest BCUT2D eigenvalue weighted by Gasteiger charge is -2.25. The van der Waals surface area contributed by atoms with Crippen molar-refractivity contribution in [1.29, 1.82) is 0 Å². The molecule has 0 spiro atoms. The average molecular weight is 313 g/mol. The van der Waals surface area contributed by atoms with Crippen molar-refractivity contribution in [3.05, 3.63) is 30.3 Å². The molecule has 1 aromatic carbocycles. The van der Waals surface area contributed by atoms with E-state index >= 15 is 0 Å². The highest BCUT2D eigenvalue weighted by Crippen LogP contribution is 2.17. The Bertz CT molecular complexity index is 532. The van der Waals surface area contributed by atoms with Crippen molar-refractivity contribution >= 4 is 9.84 Å². The second-order valence-corrected chi connectivity index (χ2v) is 7.71. The molecule has 0 aromatic heterocycles. The van der Waals surface area contributed by atoms with Gasteiger partial charge in [-0.1, -0.05) is 18.2 Å². The predicted octanol–water partition coefficient (Wildman–Crippen LogP) is 0.935. The van der Waals surface area contributed by atoms with Crippen LogP contribution >= 0.6 is 0 Å². The smallest absolute Gasteiger partial charge is 0.154 e. The van der Waals surface area contributed by atoms with Gasteiger partial charge in [0.05, 0.1) is 30.3 Å². The van der Waals surface area contributed by atoms with E-state index in [-0.39, 0.29) is 17.5 Å². The third-order valence-corrected chi connectivity index (χ3v) is 5.48. The van der Waals surface area contributed by atoms with Gasteiger partial charge in [0.25, 0.3) is 0 Å². The summed E-state index contributed by atoms with van der Waals surface area (Å²) in [5, 5.41) is 9.80. The summed E-state index contributed by atoms with van der Waals surface area (Å²) in [4.78, 5) is 1.94. The predicted molar refractivity (Wildman–Crippen MR) is 82.2 cm³/mol. The fourth-order valence-corrected chi connectivity index (χ4v) is 4.44. The van der Waals surface area contributed by atoms with Crippen molar-refractivity contribution in [2.24, 2.45) is 0 Å². The topological polar surface area (TPSA) is 66.8 Å². The number of rotatable bonds is 7. The third kappa shape index (κ3) is 4.98. The standard InChI is InChI=1S/C15H23NO4S/c1-16(14-11-21(18,19)12-15(14)17)9-5-6-10-20-13-7-3-2-4-8-13/h2-4,7-8,14-15,17H,5-6,9-12H2,1H3/t14-,15-/m1/s1. The molecule has 0 bridgehead atoms. The number of likely N-dealkylation sites (N-methyl/N-ethyl adjacent to an activating group) is 1. The van der Waals surface area contributed by atoms with Gasteiger partial charge in [-0.25, -0.2) is 8.42 Å². The Hall–Kier alpha value is -1.11. The number of benzene rings is 1. The lowest BCUT2D eigenvalue weighted by atomic mass is 10.2. The molecular weight excluding hydrogens is 290 g/mol. The molecular formula is C15H23NO4S. The number of ether oxygens (including phenoxy) is 1. The molecule has 1 saturated heterocycles. The van der Waals surface area contributed by atoms with Gasteiger partial charge in [-0.2, -0.15) is 0 Å². The molecule has 21 heavy (non-hydrogen) atoms. The quantitative estimate of drug-likeness (QED) is 0.759. The molecule has 0 unspecified atom stereocenters. The highest BCUT2D eigenvalue weighted by atomic mass is 32.2. The van der Waals surface area contributed by atoms with Gasteiger partial charge in [0.1, 0.15) is 5.75 Å². The Balaban J connectivity index is 1.65. The van der Waals surface area contributed by atoms with Crippen molar-refractivity contribution in [2.45, 2.75) is 25.0 Å². The fourth-order valence-electron chi connectivity index (χ4n) is 2.57. The van der Waals surface area contributed by atoms with Gasteiger partial charge in [0, 0.05) is 0 Å². The first-order valence-electron chi connectivity index (χ1n) is 7.24.